The molecule has 1 aliphatic rings. The van der Waals surface area contributed by atoms with Crippen molar-refractivity contribution in [2.24, 2.45) is 10.9 Å². The van der Waals surface area contributed by atoms with Crippen LogP contribution < -0.4 is 29.7 Å². The van der Waals surface area contributed by atoms with Crippen molar-refractivity contribution in [3.8, 4) is 17.2 Å². The van der Waals surface area contributed by atoms with E-state index in [0.29, 0.717) is 24.0 Å². The van der Waals surface area contributed by atoms with Crippen LogP contribution in [0.4, 0.5) is 11.4 Å². The number of ether oxygens (including phenoxy) is 3. The molecule has 30 heavy (non-hydrogen) atoms. The summed E-state index contributed by atoms with van der Waals surface area (Å²) in [6.45, 7) is 5.39. The lowest BCUT2D eigenvalue weighted by Crippen LogP contribution is -2.35. The molecule has 0 saturated carbocycles. The fraction of sp³-hybridized carbons (Fsp3) is 0.435. The van der Waals surface area contributed by atoms with E-state index in [4.69, 9.17) is 14.2 Å². The molecule has 7 nitrogen and oxygen atoms in total. The van der Waals surface area contributed by atoms with Gasteiger partial charge in [-0.3, -0.25) is 4.99 Å². The maximum absolute atomic E-state index is 5.66. The van der Waals surface area contributed by atoms with E-state index in [2.05, 4.69) is 32.7 Å². The SMILES string of the molecule is CCOc1cc(NC(=NC)NCC2CCN(c3ccccc3OC)C2)ccc1OC. The average Bonchev–Trinajstić information content (AvgIpc) is 3.26. The number of rotatable bonds is 8. The van der Waals surface area contributed by atoms with Gasteiger partial charge in [0, 0.05) is 38.4 Å². The van der Waals surface area contributed by atoms with Gasteiger partial charge in [-0.15, -0.1) is 0 Å². The lowest BCUT2D eigenvalue weighted by Gasteiger charge is -2.21. The van der Waals surface area contributed by atoms with Crippen molar-refractivity contribution >= 4 is 17.3 Å². The van der Waals surface area contributed by atoms with Gasteiger partial charge in [-0.2, -0.15) is 0 Å². The molecular weight excluding hydrogens is 380 g/mol. The van der Waals surface area contributed by atoms with Crippen LogP contribution in [0.5, 0.6) is 17.2 Å². The standard InChI is InChI=1S/C23H32N4O3/c1-5-30-22-14-18(10-11-21(22)29-4)26-23(24-2)25-15-17-12-13-27(16-17)19-8-6-7-9-20(19)28-3/h6-11,14,17H,5,12-13,15-16H2,1-4H3,(H2,24,25,26). The molecule has 1 fully saturated rings. The topological polar surface area (TPSA) is 67.4 Å². The van der Waals surface area contributed by atoms with E-state index in [-0.39, 0.29) is 0 Å². The van der Waals surface area contributed by atoms with Crippen molar-refractivity contribution in [3.05, 3.63) is 42.5 Å². The van der Waals surface area contributed by atoms with Crippen LogP contribution in [-0.2, 0) is 0 Å². The van der Waals surface area contributed by atoms with Crippen LogP contribution in [-0.4, -0.2) is 53.5 Å². The van der Waals surface area contributed by atoms with Crippen LogP contribution in [0.3, 0.4) is 0 Å². The molecule has 0 spiro atoms. The zero-order chi connectivity index (χ0) is 21.3. The first-order valence-corrected chi connectivity index (χ1v) is 10.3. The summed E-state index contributed by atoms with van der Waals surface area (Å²) in [7, 11) is 5.14. The van der Waals surface area contributed by atoms with Crippen LogP contribution in [0.1, 0.15) is 13.3 Å². The van der Waals surface area contributed by atoms with Crippen LogP contribution >= 0.6 is 0 Å². The Kier molecular flexibility index (Phi) is 7.65. The predicted octanol–water partition coefficient (Wildman–Crippen LogP) is 3.62. The smallest absolute Gasteiger partial charge is 0.195 e. The van der Waals surface area contributed by atoms with Crippen LogP contribution in [0.15, 0.2) is 47.5 Å². The first kappa shape index (κ1) is 21.6. The third-order valence-electron chi connectivity index (χ3n) is 5.22. The molecule has 162 valence electrons. The minimum absolute atomic E-state index is 0.531. The lowest BCUT2D eigenvalue weighted by atomic mass is 10.1. The van der Waals surface area contributed by atoms with E-state index in [1.807, 2.05) is 37.3 Å². The zero-order valence-corrected chi connectivity index (χ0v) is 18.3. The molecule has 1 unspecified atom stereocenters. The Hall–Kier alpha value is -3.09. The second-order valence-electron chi connectivity index (χ2n) is 7.15. The van der Waals surface area contributed by atoms with E-state index < -0.39 is 0 Å². The third kappa shape index (κ3) is 5.28. The van der Waals surface area contributed by atoms with Crippen molar-refractivity contribution in [1.29, 1.82) is 0 Å². The molecule has 0 amide bonds. The van der Waals surface area contributed by atoms with Crippen LogP contribution in [0, 0.1) is 5.92 Å². The number of aliphatic imine (C=N–C) groups is 1. The number of hydrogen-bond donors (Lipinski definition) is 2. The van der Waals surface area contributed by atoms with Crippen molar-refractivity contribution < 1.29 is 14.2 Å². The van der Waals surface area contributed by atoms with Gasteiger partial charge in [0.15, 0.2) is 17.5 Å². The lowest BCUT2D eigenvalue weighted by molar-refractivity contribution is 0.311. The molecule has 0 bridgehead atoms. The zero-order valence-electron chi connectivity index (χ0n) is 18.3. The maximum Gasteiger partial charge on any atom is 0.195 e. The van der Waals surface area contributed by atoms with Crippen LogP contribution in [0.25, 0.3) is 0 Å². The van der Waals surface area contributed by atoms with Gasteiger partial charge in [-0.05, 0) is 43.5 Å². The van der Waals surface area contributed by atoms with Gasteiger partial charge < -0.3 is 29.7 Å². The quantitative estimate of drug-likeness (QED) is 0.510. The highest BCUT2D eigenvalue weighted by Gasteiger charge is 2.24. The van der Waals surface area contributed by atoms with Gasteiger partial charge in [0.2, 0.25) is 0 Å². The molecule has 0 radical (unpaired) electrons. The molecular formula is C23H32N4O3. The number of nitrogens with zero attached hydrogens (tertiary/aromatic N) is 2. The monoisotopic (exact) mass is 412 g/mol. The Labute approximate surface area is 179 Å². The highest BCUT2D eigenvalue weighted by Crippen LogP contribution is 2.32. The van der Waals surface area contributed by atoms with Crippen molar-refractivity contribution in [3.63, 3.8) is 0 Å². The molecule has 2 N–H and O–H groups in total. The van der Waals surface area contributed by atoms with E-state index in [1.54, 1.807) is 21.3 Å². The number of nitrogens with one attached hydrogen (secondary N) is 2. The summed E-state index contributed by atoms with van der Waals surface area (Å²) in [4.78, 5) is 6.74. The minimum Gasteiger partial charge on any atom is -0.495 e. The third-order valence-corrected chi connectivity index (χ3v) is 5.22. The molecule has 7 heteroatoms. The fourth-order valence-corrected chi connectivity index (χ4v) is 3.69. The molecule has 1 aliphatic heterocycles. The molecule has 0 aliphatic carbocycles. The number of hydrogen-bond acceptors (Lipinski definition) is 5. The Morgan fingerprint density at radius 2 is 1.90 bits per heavy atom. The highest BCUT2D eigenvalue weighted by atomic mass is 16.5. The fourth-order valence-electron chi connectivity index (χ4n) is 3.69. The first-order chi connectivity index (χ1) is 14.7. The van der Waals surface area contributed by atoms with Gasteiger partial charge in [0.25, 0.3) is 0 Å². The normalized spacial score (nSPS) is 16.3. The molecule has 1 heterocycles. The largest absolute Gasteiger partial charge is 0.495 e. The van der Waals surface area contributed by atoms with Gasteiger partial charge in [-0.25, -0.2) is 0 Å². The summed E-state index contributed by atoms with van der Waals surface area (Å²) in [5.41, 5.74) is 2.06. The first-order valence-electron chi connectivity index (χ1n) is 10.3. The number of benzene rings is 2. The van der Waals surface area contributed by atoms with E-state index in [9.17, 15) is 0 Å². The van der Waals surface area contributed by atoms with Gasteiger partial charge in [0.05, 0.1) is 26.5 Å². The van der Waals surface area contributed by atoms with E-state index in [0.717, 1.165) is 49.1 Å². The average molecular weight is 413 g/mol. The highest BCUT2D eigenvalue weighted by molar-refractivity contribution is 5.93. The maximum atomic E-state index is 5.66. The number of guanidine groups is 1. The molecule has 2 aromatic carbocycles. The second kappa shape index (κ2) is 10.6. The predicted molar refractivity (Wildman–Crippen MR) is 122 cm³/mol. The van der Waals surface area contributed by atoms with Gasteiger partial charge in [-0.1, -0.05) is 12.1 Å². The Bertz CT molecular complexity index is 856. The second-order valence-corrected chi connectivity index (χ2v) is 7.15. The van der Waals surface area contributed by atoms with Crippen molar-refractivity contribution in [1.82, 2.24) is 5.32 Å². The Balaban J connectivity index is 1.56. The Morgan fingerprint density at radius 1 is 1.10 bits per heavy atom. The number of anilines is 2. The number of para-hydroxylation sites is 2. The Morgan fingerprint density at radius 3 is 2.63 bits per heavy atom. The van der Waals surface area contributed by atoms with E-state index >= 15 is 0 Å². The molecule has 1 atom stereocenters. The summed E-state index contributed by atoms with van der Waals surface area (Å²) in [5.74, 6) is 3.62. The summed E-state index contributed by atoms with van der Waals surface area (Å²) in [6.07, 6.45) is 1.12. The van der Waals surface area contributed by atoms with Crippen LogP contribution in [0.2, 0.25) is 0 Å². The molecule has 0 aromatic heterocycles. The molecule has 3 rings (SSSR count). The summed E-state index contributed by atoms with van der Waals surface area (Å²) < 4.78 is 16.5. The number of methoxy groups -OCH3 is 2. The van der Waals surface area contributed by atoms with E-state index in [1.165, 1.54) is 0 Å². The van der Waals surface area contributed by atoms with Crippen molar-refractivity contribution in [2.75, 3.05) is 57.7 Å². The summed E-state index contributed by atoms with van der Waals surface area (Å²) in [6, 6.07) is 14.0. The van der Waals surface area contributed by atoms with Gasteiger partial charge in [0.1, 0.15) is 5.75 Å². The van der Waals surface area contributed by atoms with Crippen molar-refractivity contribution in [2.45, 2.75) is 13.3 Å². The summed E-state index contributed by atoms with van der Waals surface area (Å²) >= 11 is 0. The van der Waals surface area contributed by atoms with Gasteiger partial charge >= 0.3 is 0 Å². The molecule has 1 saturated heterocycles. The molecule has 2 aromatic rings. The minimum atomic E-state index is 0.531. The summed E-state index contributed by atoms with van der Waals surface area (Å²) in [5, 5.41) is 6.78.